The van der Waals surface area contributed by atoms with Crippen LogP contribution in [0.15, 0.2) is 35.3 Å². The zero-order chi connectivity index (χ0) is 20.1. The van der Waals surface area contributed by atoms with Crippen molar-refractivity contribution in [3.05, 3.63) is 47.3 Å². The maximum absolute atomic E-state index is 4.66. The average Bonchev–Trinajstić information content (AvgIpc) is 3.30. The highest BCUT2D eigenvalue weighted by Gasteiger charge is 2.28. The van der Waals surface area contributed by atoms with Crippen LogP contribution in [0.2, 0.25) is 0 Å². The van der Waals surface area contributed by atoms with Gasteiger partial charge in [0.05, 0.1) is 11.4 Å². The SMILES string of the molecule is CCN(CC)C1CCN(C(=NC)NCc2ccccc2-n2nc(C)cc2C)C1.I. The Balaban J connectivity index is 0.00000300. The Morgan fingerprint density at radius 1 is 1.24 bits per heavy atom. The van der Waals surface area contributed by atoms with Crippen LogP contribution in [-0.2, 0) is 6.54 Å². The van der Waals surface area contributed by atoms with Gasteiger partial charge in [-0.3, -0.25) is 9.89 Å². The molecule has 0 bridgehead atoms. The lowest BCUT2D eigenvalue weighted by Crippen LogP contribution is -2.43. The van der Waals surface area contributed by atoms with Crippen molar-refractivity contribution in [1.29, 1.82) is 0 Å². The first-order valence-corrected chi connectivity index (χ1v) is 10.4. The van der Waals surface area contributed by atoms with E-state index in [0.29, 0.717) is 6.04 Å². The molecule has 160 valence electrons. The Bertz CT molecular complexity index is 811. The summed E-state index contributed by atoms with van der Waals surface area (Å²) in [4.78, 5) is 9.48. The molecule has 1 fully saturated rings. The number of nitrogens with zero attached hydrogens (tertiary/aromatic N) is 5. The number of rotatable bonds is 6. The van der Waals surface area contributed by atoms with Crippen LogP contribution in [0, 0.1) is 13.8 Å². The lowest BCUT2D eigenvalue weighted by Gasteiger charge is -2.27. The van der Waals surface area contributed by atoms with E-state index in [9.17, 15) is 0 Å². The molecule has 0 aliphatic carbocycles. The molecule has 1 saturated heterocycles. The number of benzene rings is 1. The van der Waals surface area contributed by atoms with Crippen molar-refractivity contribution in [2.75, 3.05) is 33.2 Å². The van der Waals surface area contributed by atoms with Crippen molar-refractivity contribution in [3.63, 3.8) is 0 Å². The first kappa shape index (κ1) is 23.7. The van der Waals surface area contributed by atoms with Crippen LogP contribution in [0.3, 0.4) is 0 Å². The van der Waals surface area contributed by atoms with E-state index in [0.717, 1.165) is 55.8 Å². The van der Waals surface area contributed by atoms with E-state index in [4.69, 9.17) is 0 Å². The summed E-state index contributed by atoms with van der Waals surface area (Å²) in [6.45, 7) is 13.7. The predicted octanol–water partition coefficient (Wildman–Crippen LogP) is 3.60. The van der Waals surface area contributed by atoms with E-state index in [1.54, 1.807) is 0 Å². The van der Waals surface area contributed by atoms with Crippen LogP contribution < -0.4 is 5.32 Å². The first-order chi connectivity index (χ1) is 13.6. The molecule has 3 rings (SSSR count). The molecule has 1 aliphatic heterocycles. The molecule has 0 spiro atoms. The second-order valence-corrected chi connectivity index (χ2v) is 7.48. The molecule has 0 radical (unpaired) electrons. The molecule has 7 heteroatoms. The number of hydrogen-bond acceptors (Lipinski definition) is 3. The number of likely N-dealkylation sites (tertiary alicyclic amines) is 1. The van der Waals surface area contributed by atoms with Gasteiger partial charge < -0.3 is 10.2 Å². The third-order valence-corrected chi connectivity index (χ3v) is 5.67. The molecule has 1 aliphatic rings. The lowest BCUT2D eigenvalue weighted by molar-refractivity contribution is 0.223. The van der Waals surface area contributed by atoms with Gasteiger partial charge in [-0.05, 0) is 51.1 Å². The van der Waals surface area contributed by atoms with Crippen molar-refractivity contribution < 1.29 is 0 Å². The molecule has 1 aromatic heterocycles. The molecule has 1 N–H and O–H groups in total. The molecule has 6 nitrogen and oxygen atoms in total. The number of likely N-dealkylation sites (N-methyl/N-ethyl adjacent to an activating group) is 1. The van der Waals surface area contributed by atoms with E-state index < -0.39 is 0 Å². The number of hydrogen-bond donors (Lipinski definition) is 1. The van der Waals surface area contributed by atoms with Gasteiger partial charge in [0.1, 0.15) is 0 Å². The summed E-state index contributed by atoms with van der Waals surface area (Å²) in [6, 6.07) is 11.2. The zero-order valence-electron chi connectivity index (χ0n) is 18.4. The maximum Gasteiger partial charge on any atom is 0.193 e. The Labute approximate surface area is 192 Å². The minimum atomic E-state index is 0. The fourth-order valence-electron chi connectivity index (χ4n) is 4.22. The molecule has 1 unspecified atom stereocenters. The van der Waals surface area contributed by atoms with Gasteiger partial charge in [-0.2, -0.15) is 5.10 Å². The maximum atomic E-state index is 4.66. The van der Waals surface area contributed by atoms with Crippen molar-refractivity contribution in [3.8, 4) is 5.69 Å². The third-order valence-electron chi connectivity index (χ3n) is 5.67. The Morgan fingerprint density at radius 3 is 2.59 bits per heavy atom. The van der Waals surface area contributed by atoms with Crippen molar-refractivity contribution in [2.24, 2.45) is 4.99 Å². The second-order valence-electron chi connectivity index (χ2n) is 7.48. The summed E-state index contributed by atoms with van der Waals surface area (Å²) in [5, 5.41) is 8.23. The molecule has 29 heavy (non-hydrogen) atoms. The molecule has 2 heterocycles. The number of aromatic nitrogens is 2. The van der Waals surface area contributed by atoms with E-state index in [1.165, 1.54) is 12.0 Å². The summed E-state index contributed by atoms with van der Waals surface area (Å²) >= 11 is 0. The summed E-state index contributed by atoms with van der Waals surface area (Å²) in [5.74, 6) is 0.984. The van der Waals surface area contributed by atoms with Gasteiger partial charge >= 0.3 is 0 Å². The molecular weight excluding hydrogens is 475 g/mol. The van der Waals surface area contributed by atoms with Crippen LogP contribution in [-0.4, -0.2) is 64.8 Å². The van der Waals surface area contributed by atoms with E-state index in [2.05, 4.69) is 76.3 Å². The monoisotopic (exact) mass is 510 g/mol. The van der Waals surface area contributed by atoms with Gasteiger partial charge in [-0.25, -0.2) is 4.68 Å². The van der Waals surface area contributed by atoms with E-state index >= 15 is 0 Å². The average molecular weight is 510 g/mol. The second kappa shape index (κ2) is 11.0. The predicted molar refractivity (Wildman–Crippen MR) is 132 cm³/mol. The highest BCUT2D eigenvalue weighted by molar-refractivity contribution is 14.0. The smallest absolute Gasteiger partial charge is 0.193 e. The first-order valence-electron chi connectivity index (χ1n) is 10.4. The number of para-hydroxylation sites is 1. The van der Waals surface area contributed by atoms with Crippen LogP contribution in [0.5, 0.6) is 0 Å². The van der Waals surface area contributed by atoms with Crippen LogP contribution in [0.1, 0.15) is 37.2 Å². The minimum Gasteiger partial charge on any atom is -0.352 e. The van der Waals surface area contributed by atoms with E-state index in [1.807, 2.05) is 18.7 Å². The van der Waals surface area contributed by atoms with Gasteiger partial charge in [-0.15, -0.1) is 24.0 Å². The number of aryl methyl sites for hydroxylation is 2. The Hall–Kier alpha value is -1.61. The van der Waals surface area contributed by atoms with Crippen LogP contribution in [0.25, 0.3) is 5.69 Å². The molecule has 2 aromatic rings. The number of guanidine groups is 1. The number of halogens is 1. The fraction of sp³-hybridized carbons (Fsp3) is 0.545. The highest BCUT2D eigenvalue weighted by atomic mass is 127. The molecular formula is C22H35IN6. The standard InChI is InChI=1S/C22H34N6.HI/c1-6-26(7-2)20-12-13-27(16-20)22(23-5)24-15-19-10-8-9-11-21(19)28-18(4)14-17(3)25-28;/h8-11,14,20H,6-7,12-13,15-16H2,1-5H3,(H,23,24);1H. The topological polar surface area (TPSA) is 48.7 Å². The van der Waals surface area contributed by atoms with Gasteiger partial charge in [0, 0.05) is 38.4 Å². The summed E-state index contributed by atoms with van der Waals surface area (Å²) in [6.07, 6.45) is 1.20. The largest absolute Gasteiger partial charge is 0.352 e. The van der Waals surface area contributed by atoms with Gasteiger partial charge in [0.2, 0.25) is 0 Å². The van der Waals surface area contributed by atoms with Gasteiger partial charge in [-0.1, -0.05) is 32.0 Å². The normalized spacial score (nSPS) is 17.0. The summed E-state index contributed by atoms with van der Waals surface area (Å²) < 4.78 is 2.03. The highest BCUT2D eigenvalue weighted by Crippen LogP contribution is 2.18. The van der Waals surface area contributed by atoms with Crippen molar-refractivity contribution in [2.45, 2.75) is 46.7 Å². The third kappa shape index (κ3) is 5.51. The Kier molecular flexibility index (Phi) is 8.95. The summed E-state index contributed by atoms with van der Waals surface area (Å²) in [5.41, 5.74) is 4.53. The van der Waals surface area contributed by atoms with Crippen LogP contribution >= 0.6 is 24.0 Å². The minimum absolute atomic E-state index is 0. The van der Waals surface area contributed by atoms with Gasteiger partial charge in [0.15, 0.2) is 5.96 Å². The Morgan fingerprint density at radius 2 is 1.97 bits per heavy atom. The molecule has 1 aromatic carbocycles. The van der Waals surface area contributed by atoms with Crippen LogP contribution in [0.4, 0.5) is 0 Å². The quantitative estimate of drug-likeness (QED) is 0.367. The van der Waals surface area contributed by atoms with Gasteiger partial charge in [0.25, 0.3) is 0 Å². The molecule has 1 atom stereocenters. The lowest BCUT2D eigenvalue weighted by atomic mass is 10.1. The molecule has 0 saturated carbocycles. The number of nitrogens with one attached hydrogen (secondary N) is 1. The zero-order valence-corrected chi connectivity index (χ0v) is 20.7. The number of aliphatic imine (C=N–C) groups is 1. The van der Waals surface area contributed by atoms with Crippen molar-refractivity contribution >= 4 is 29.9 Å². The van der Waals surface area contributed by atoms with Crippen molar-refractivity contribution in [1.82, 2.24) is 24.9 Å². The summed E-state index contributed by atoms with van der Waals surface area (Å²) in [7, 11) is 1.87. The van der Waals surface area contributed by atoms with E-state index in [-0.39, 0.29) is 24.0 Å². The molecule has 0 amide bonds. The fourth-order valence-corrected chi connectivity index (χ4v) is 4.22.